The molecule has 0 bridgehead atoms. The third kappa shape index (κ3) is 3.49. The van der Waals surface area contributed by atoms with E-state index in [4.69, 9.17) is 0 Å². The van der Waals surface area contributed by atoms with E-state index in [2.05, 4.69) is 55.3 Å². The van der Waals surface area contributed by atoms with Crippen molar-refractivity contribution in [3.8, 4) is 0 Å². The van der Waals surface area contributed by atoms with E-state index >= 15 is 0 Å². The summed E-state index contributed by atoms with van der Waals surface area (Å²) >= 11 is 1.89. The normalized spacial score (nSPS) is 22.5. The molecule has 22 heavy (non-hydrogen) atoms. The molecule has 1 saturated heterocycles. The summed E-state index contributed by atoms with van der Waals surface area (Å²) in [5.41, 5.74) is 7.77. The number of fused-ring (bicyclic) bond motifs is 1. The Morgan fingerprint density at radius 2 is 1.91 bits per heavy atom. The quantitative estimate of drug-likeness (QED) is 0.766. The standard InChI is InChI=1S/C20H27NS/c1-15-4-9-19-13-21(11-10-20(19)16(15)2)12-17-5-7-18(8-6-17)14-22-3/h5-9,15H,4,10-14H2,1-3H3. The largest absolute Gasteiger partial charge is 0.295 e. The summed E-state index contributed by atoms with van der Waals surface area (Å²) in [4.78, 5) is 2.60. The Morgan fingerprint density at radius 3 is 2.64 bits per heavy atom. The number of piperidine rings is 1. The molecule has 2 heteroatoms. The van der Waals surface area contributed by atoms with Gasteiger partial charge in [0.2, 0.25) is 0 Å². The molecule has 0 saturated carbocycles. The average Bonchev–Trinajstić information content (AvgIpc) is 2.53. The molecule has 0 spiro atoms. The maximum Gasteiger partial charge on any atom is 0.0237 e. The minimum absolute atomic E-state index is 0.745. The summed E-state index contributed by atoms with van der Waals surface area (Å²) < 4.78 is 0. The molecule has 1 aromatic carbocycles. The molecule has 1 aromatic rings. The lowest BCUT2D eigenvalue weighted by Gasteiger charge is -2.35. The zero-order valence-electron chi connectivity index (χ0n) is 14.1. The van der Waals surface area contributed by atoms with Gasteiger partial charge in [-0.25, -0.2) is 0 Å². The van der Waals surface area contributed by atoms with Gasteiger partial charge in [0.15, 0.2) is 0 Å². The van der Waals surface area contributed by atoms with Crippen LogP contribution in [0.1, 0.15) is 37.8 Å². The lowest BCUT2D eigenvalue weighted by molar-refractivity contribution is 0.273. The lowest BCUT2D eigenvalue weighted by Crippen LogP contribution is -2.33. The predicted octanol–water partition coefficient (Wildman–Crippen LogP) is 5.04. The van der Waals surface area contributed by atoms with E-state index in [0.29, 0.717) is 0 Å². The van der Waals surface area contributed by atoms with Gasteiger partial charge in [-0.05, 0) is 54.2 Å². The number of rotatable bonds is 4. The van der Waals surface area contributed by atoms with Gasteiger partial charge in [0.1, 0.15) is 0 Å². The molecular weight excluding hydrogens is 286 g/mol. The van der Waals surface area contributed by atoms with E-state index in [1.807, 2.05) is 11.8 Å². The fourth-order valence-corrected chi connectivity index (χ4v) is 4.10. The van der Waals surface area contributed by atoms with E-state index in [1.54, 1.807) is 16.7 Å². The van der Waals surface area contributed by atoms with Crippen LogP contribution in [0.2, 0.25) is 0 Å². The number of hydrogen-bond donors (Lipinski definition) is 0. The first-order valence-electron chi connectivity index (χ1n) is 8.35. The van der Waals surface area contributed by atoms with Gasteiger partial charge in [-0.3, -0.25) is 4.90 Å². The molecule has 0 radical (unpaired) electrons. The molecule has 1 unspecified atom stereocenters. The number of thioether (sulfide) groups is 1. The van der Waals surface area contributed by atoms with E-state index in [1.165, 1.54) is 30.5 Å². The summed E-state index contributed by atoms with van der Waals surface area (Å²) in [6, 6.07) is 9.18. The third-order valence-corrected chi connectivity index (χ3v) is 5.75. The van der Waals surface area contributed by atoms with Crippen molar-refractivity contribution in [2.75, 3.05) is 19.3 Å². The summed E-state index contributed by atoms with van der Waals surface area (Å²) in [6.07, 6.45) is 7.10. The van der Waals surface area contributed by atoms with Crippen LogP contribution in [0.5, 0.6) is 0 Å². The minimum atomic E-state index is 0.745. The second-order valence-corrected chi connectivity index (χ2v) is 7.60. The van der Waals surface area contributed by atoms with Gasteiger partial charge >= 0.3 is 0 Å². The Morgan fingerprint density at radius 1 is 1.18 bits per heavy atom. The van der Waals surface area contributed by atoms with Gasteiger partial charge in [0.25, 0.3) is 0 Å². The Balaban J connectivity index is 1.64. The van der Waals surface area contributed by atoms with Crippen molar-refractivity contribution in [2.45, 2.75) is 39.0 Å². The molecular formula is C20H27NS. The fourth-order valence-electron chi connectivity index (χ4n) is 3.58. The Kier molecular flexibility index (Phi) is 5.10. The highest BCUT2D eigenvalue weighted by molar-refractivity contribution is 7.97. The number of nitrogens with zero attached hydrogens (tertiary/aromatic N) is 1. The van der Waals surface area contributed by atoms with Gasteiger partial charge in [-0.15, -0.1) is 0 Å². The maximum absolute atomic E-state index is 2.60. The molecule has 1 aliphatic carbocycles. The Bertz CT molecular complexity index is 582. The first-order chi connectivity index (χ1) is 10.7. The van der Waals surface area contributed by atoms with Gasteiger partial charge < -0.3 is 0 Å². The smallest absolute Gasteiger partial charge is 0.0237 e. The predicted molar refractivity (Wildman–Crippen MR) is 98.1 cm³/mol. The zero-order chi connectivity index (χ0) is 15.5. The third-order valence-electron chi connectivity index (χ3n) is 5.13. The van der Waals surface area contributed by atoms with Gasteiger partial charge in [0, 0.05) is 25.4 Å². The average molecular weight is 314 g/mol. The van der Waals surface area contributed by atoms with Crippen molar-refractivity contribution in [3.63, 3.8) is 0 Å². The van der Waals surface area contributed by atoms with Crippen LogP contribution in [-0.4, -0.2) is 24.2 Å². The molecule has 118 valence electrons. The van der Waals surface area contributed by atoms with Crippen molar-refractivity contribution in [1.29, 1.82) is 0 Å². The number of hydrogen-bond acceptors (Lipinski definition) is 2. The summed E-state index contributed by atoms with van der Waals surface area (Å²) in [7, 11) is 0. The monoisotopic (exact) mass is 313 g/mol. The van der Waals surface area contributed by atoms with Crippen molar-refractivity contribution >= 4 is 11.8 Å². The van der Waals surface area contributed by atoms with Crippen LogP contribution in [-0.2, 0) is 12.3 Å². The zero-order valence-corrected chi connectivity index (χ0v) is 14.9. The summed E-state index contributed by atoms with van der Waals surface area (Å²) in [5.74, 6) is 1.86. The molecule has 1 atom stereocenters. The van der Waals surface area contributed by atoms with Crippen LogP contribution in [0, 0.1) is 5.92 Å². The number of benzene rings is 1. The first-order valence-corrected chi connectivity index (χ1v) is 9.75. The highest BCUT2D eigenvalue weighted by atomic mass is 32.2. The van der Waals surface area contributed by atoms with Crippen LogP contribution in [0.3, 0.4) is 0 Å². The molecule has 1 nitrogen and oxygen atoms in total. The van der Waals surface area contributed by atoms with Crippen LogP contribution < -0.4 is 0 Å². The SMILES string of the molecule is CSCc1ccc(CN2CCC3=C(C)C(C)CC=C3C2)cc1. The minimum Gasteiger partial charge on any atom is -0.295 e. The van der Waals surface area contributed by atoms with Crippen molar-refractivity contribution < 1.29 is 0 Å². The molecule has 1 aliphatic heterocycles. The van der Waals surface area contributed by atoms with E-state index < -0.39 is 0 Å². The van der Waals surface area contributed by atoms with E-state index in [9.17, 15) is 0 Å². The molecule has 1 heterocycles. The second-order valence-electron chi connectivity index (χ2n) is 6.74. The number of allylic oxidation sites excluding steroid dienone is 2. The molecule has 0 N–H and O–H groups in total. The lowest BCUT2D eigenvalue weighted by atomic mass is 9.81. The summed E-state index contributed by atoms with van der Waals surface area (Å²) in [6.45, 7) is 8.11. The van der Waals surface area contributed by atoms with E-state index in [-0.39, 0.29) is 0 Å². The fraction of sp³-hybridized carbons (Fsp3) is 0.500. The van der Waals surface area contributed by atoms with Crippen molar-refractivity contribution in [1.82, 2.24) is 4.90 Å². The van der Waals surface area contributed by atoms with Crippen molar-refractivity contribution in [2.24, 2.45) is 5.92 Å². The van der Waals surface area contributed by atoms with Crippen LogP contribution in [0.4, 0.5) is 0 Å². The molecule has 2 aliphatic rings. The number of likely N-dealkylation sites (tertiary alicyclic amines) is 1. The van der Waals surface area contributed by atoms with Crippen LogP contribution >= 0.6 is 11.8 Å². The van der Waals surface area contributed by atoms with Gasteiger partial charge in [-0.2, -0.15) is 11.8 Å². The Labute approximate surface area is 139 Å². The topological polar surface area (TPSA) is 3.24 Å². The van der Waals surface area contributed by atoms with Crippen molar-refractivity contribution in [3.05, 3.63) is 58.2 Å². The van der Waals surface area contributed by atoms with Crippen LogP contribution in [0.15, 0.2) is 47.1 Å². The summed E-state index contributed by atoms with van der Waals surface area (Å²) in [5, 5.41) is 0. The second kappa shape index (κ2) is 7.06. The van der Waals surface area contributed by atoms with E-state index in [0.717, 1.165) is 24.8 Å². The highest BCUT2D eigenvalue weighted by Crippen LogP contribution is 2.35. The molecule has 0 amide bonds. The first kappa shape index (κ1) is 15.9. The Hall–Kier alpha value is -0.990. The maximum atomic E-state index is 2.60. The van der Waals surface area contributed by atoms with Gasteiger partial charge in [-0.1, -0.05) is 42.8 Å². The molecule has 1 fully saturated rings. The molecule has 0 aromatic heterocycles. The van der Waals surface area contributed by atoms with Crippen LogP contribution in [0.25, 0.3) is 0 Å². The highest BCUT2D eigenvalue weighted by Gasteiger charge is 2.24. The molecule has 3 rings (SSSR count). The van der Waals surface area contributed by atoms with Gasteiger partial charge in [0.05, 0.1) is 0 Å².